The van der Waals surface area contributed by atoms with Crippen LogP contribution < -0.4 is 10.5 Å². The van der Waals surface area contributed by atoms with E-state index in [2.05, 4.69) is 15.2 Å². The molecule has 1 aromatic heterocycles. The van der Waals surface area contributed by atoms with Crippen LogP contribution in [-0.4, -0.2) is 22.3 Å². The van der Waals surface area contributed by atoms with Crippen LogP contribution in [0.1, 0.15) is 0 Å². The Labute approximate surface area is 116 Å². The van der Waals surface area contributed by atoms with Gasteiger partial charge in [-0.3, -0.25) is 5.10 Å². The fourth-order valence-corrected chi connectivity index (χ4v) is 2.00. The first-order chi connectivity index (χ1) is 9.78. The van der Waals surface area contributed by atoms with Gasteiger partial charge in [0.05, 0.1) is 12.7 Å². The summed E-state index contributed by atoms with van der Waals surface area (Å²) < 4.78 is 5.33. The average Bonchev–Trinajstić information content (AvgIpc) is 2.97. The average molecular weight is 266 g/mol. The number of hydrogen-bond acceptors (Lipinski definition) is 4. The highest BCUT2D eigenvalue weighted by atomic mass is 16.5. The van der Waals surface area contributed by atoms with Gasteiger partial charge in [-0.15, -0.1) is 0 Å². The van der Waals surface area contributed by atoms with E-state index < -0.39 is 0 Å². The summed E-state index contributed by atoms with van der Waals surface area (Å²) in [6.07, 6.45) is 0. The third kappa shape index (κ3) is 2.21. The van der Waals surface area contributed by atoms with Gasteiger partial charge in [-0.25, -0.2) is 4.98 Å². The number of ether oxygens (including phenoxy) is 1. The van der Waals surface area contributed by atoms with Crippen molar-refractivity contribution in [3.8, 4) is 28.5 Å². The maximum Gasteiger partial charge on any atom is 0.181 e. The van der Waals surface area contributed by atoms with Gasteiger partial charge >= 0.3 is 0 Å². The third-order valence-electron chi connectivity index (χ3n) is 3.00. The first kappa shape index (κ1) is 12.2. The van der Waals surface area contributed by atoms with E-state index in [0.29, 0.717) is 23.1 Å². The fraction of sp³-hybridized carbons (Fsp3) is 0.0667. The molecule has 0 aliphatic carbocycles. The van der Waals surface area contributed by atoms with Crippen LogP contribution in [0.5, 0.6) is 5.75 Å². The van der Waals surface area contributed by atoms with Crippen molar-refractivity contribution in [2.75, 3.05) is 12.8 Å². The van der Waals surface area contributed by atoms with Gasteiger partial charge in [-0.05, 0) is 12.1 Å². The SMILES string of the molecule is COc1cc(N)ccc1-c1nc(-c2ccccc2)n[nH]1. The quantitative estimate of drug-likeness (QED) is 0.715. The van der Waals surface area contributed by atoms with Gasteiger partial charge in [0.25, 0.3) is 0 Å². The van der Waals surface area contributed by atoms with Crippen molar-refractivity contribution >= 4 is 5.69 Å². The number of H-pyrrole nitrogens is 1. The standard InChI is InChI=1S/C15H14N4O/c1-20-13-9-11(16)7-8-12(13)15-17-14(18-19-15)10-5-3-2-4-6-10/h2-9H,16H2,1H3,(H,17,18,19). The molecule has 100 valence electrons. The van der Waals surface area contributed by atoms with Crippen molar-refractivity contribution in [3.63, 3.8) is 0 Å². The second kappa shape index (κ2) is 5.05. The van der Waals surface area contributed by atoms with Gasteiger partial charge in [0.2, 0.25) is 0 Å². The predicted octanol–water partition coefficient (Wildman–Crippen LogP) is 2.73. The molecule has 0 radical (unpaired) electrons. The van der Waals surface area contributed by atoms with Crippen molar-refractivity contribution < 1.29 is 4.74 Å². The lowest BCUT2D eigenvalue weighted by molar-refractivity contribution is 0.416. The van der Waals surface area contributed by atoms with E-state index in [1.807, 2.05) is 42.5 Å². The molecule has 0 bridgehead atoms. The Bertz CT molecular complexity index is 722. The second-order valence-electron chi connectivity index (χ2n) is 4.33. The molecule has 5 nitrogen and oxygen atoms in total. The highest BCUT2D eigenvalue weighted by Gasteiger charge is 2.12. The number of nitrogen functional groups attached to an aromatic ring is 1. The van der Waals surface area contributed by atoms with E-state index in [9.17, 15) is 0 Å². The third-order valence-corrected chi connectivity index (χ3v) is 3.00. The number of benzene rings is 2. The summed E-state index contributed by atoms with van der Waals surface area (Å²) in [5.41, 5.74) is 8.19. The molecule has 0 saturated heterocycles. The Kier molecular flexibility index (Phi) is 3.09. The van der Waals surface area contributed by atoms with E-state index >= 15 is 0 Å². The summed E-state index contributed by atoms with van der Waals surface area (Å²) in [6.45, 7) is 0. The summed E-state index contributed by atoms with van der Waals surface area (Å²) in [6, 6.07) is 15.2. The molecule has 3 N–H and O–H groups in total. The molecule has 0 aliphatic rings. The van der Waals surface area contributed by atoms with Crippen molar-refractivity contribution in [2.45, 2.75) is 0 Å². The largest absolute Gasteiger partial charge is 0.496 e. The highest BCUT2D eigenvalue weighted by molar-refractivity contribution is 5.69. The van der Waals surface area contributed by atoms with E-state index in [-0.39, 0.29) is 0 Å². The number of aromatic nitrogens is 3. The monoisotopic (exact) mass is 266 g/mol. The summed E-state index contributed by atoms with van der Waals surface area (Å²) in [5, 5.41) is 7.17. The minimum absolute atomic E-state index is 0.647. The van der Waals surface area contributed by atoms with Gasteiger partial charge in [-0.1, -0.05) is 30.3 Å². The number of methoxy groups -OCH3 is 1. The van der Waals surface area contributed by atoms with Crippen LogP contribution in [-0.2, 0) is 0 Å². The van der Waals surface area contributed by atoms with Crippen LogP contribution in [0.4, 0.5) is 5.69 Å². The van der Waals surface area contributed by atoms with Gasteiger partial charge < -0.3 is 10.5 Å². The van der Waals surface area contributed by atoms with Crippen molar-refractivity contribution in [1.82, 2.24) is 15.2 Å². The van der Waals surface area contributed by atoms with Crippen LogP contribution in [0.2, 0.25) is 0 Å². The molecule has 0 atom stereocenters. The topological polar surface area (TPSA) is 76.8 Å². The molecule has 0 aliphatic heterocycles. The van der Waals surface area contributed by atoms with Gasteiger partial charge in [-0.2, -0.15) is 5.10 Å². The molecule has 2 aromatic carbocycles. The molecule has 20 heavy (non-hydrogen) atoms. The lowest BCUT2D eigenvalue weighted by atomic mass is 10.1. The van der Waals surface area contributed by atoms with E-state index in [1.165, 1.54) is 0 Å². The molecule has 0 spiro atoms. The fourth-order valence-electron chi connectivity index (χ4n) is 2.00. The van der Waals surface area contributed by atoms with E-state index in [1.54, 1.807) is 13.2 Å². The molecule has 3 rings (SSSR count). The Balaban J connectivity index is 2.02. The maximum atomic E-state index is 5.75. The number of nitrogens with zero attached hydrogens (tertiary/aromatic N) is 2. The van der Waals surface area contributed by atoms with Crippen LogP contribution >= 0.6 is 0 Å². The number of nitrogens with two attached hydrogens (primary N) is 1. The number of anilines is 1. The molecule has 0 amide bonds. The van der Waals surface area contributed by atoms with Crippen molar-refractivity contribution in [1.29, 1.82) is 0 Å². The summed E-state index contributed by atoms with van der Waals surface area (Å²) in [5.74, 6) is 1.97. The first-order valence-electron chi connectivity index (χ1n) is 6.19. The number of rotatable bonds is 3. The molecule has 0 saturated carbocycles. The van der Waals surface area contributed by atoms with Gasteiger partial charge in [0.1, 0.15) is 5.75 Å². The lowest BCUT2D eigenvalue weighted by Crippen LogP contribution is -1.92. The molecule has 0 unspecified atom stereocenters. The molecular formula is C15H14N4O. The zero-order valence-corrected chi connectivity index (χ0v) is 11.0. The molecule has 5 heteroatoms. The van der Waals surface area contributed by atoms with Crippen LogP contribution in [0.3, 0.4) is 0 Å². The zero-order chi connectivity index (χ0) is 13.9. The number of hydrogen-bond donors (Lipinski definition) is 2. The minimum Gasteiger partial charge on any atom is -0.496 e. The first-order valence-corrected chi connectivity index (χ1v) is 6.19. The summed E-state index contributed by atoms with van der Waals surface area (Å²) in [4.78, 5) is 4.50. The Morgan fingerprint density at radius 2 is 1.90 bits per heavy atom. The maximum absolute atomic E-state index is 5.75. The Hall–Kier alpha value is -2.82. The lowest BCUT2D eigenvalue weighted by Gasteiger charge is -2.06. The highest BCUT2D eigenvalue weighted by Crippen LogP contribution is 2.30. The Morgan fingerprint density at radius 1 is 1.10 bits per heavy atom. The van der Waals surface area contributed by atoms with Gasteiger partial charge in [0.15, 0.2) is 11.6 Å². The second-order valence-corrected chi connectivity index (χ2v) is 4.33. The normalized spacial score (nSPS) is 10.4. The molecular weight excluding hydrogens is 252 g/mol. The number of aromatic amines is 1. The Morgan fingerprint density at radius 3 is 2.65 bits per heavy atom. The van der Waals surface area contributed by atoms with Crippen LogP contribution in [0.25, 0.3) is 22.8 Å². The summed E-state index contributed by atoms with van der Waals surface area (Å²) in [7, 11) is 1.60. The van der Waals surface area contributed by atoms with Gasteiger partial charge in [0, 0.05) is 17.3 Å². The predicted molar refractivity (Wildman–Crippen MR) is 78.2 cm³/mol. The van der Waals surface area contributed by atoms with Crippen molar-refractivity contribution in [3.05, 3.63) is 48.5 Å². The number of nitrogens with one attached hydrogen (secondary N) is 1. The summed E-state index contributed by atoms with van der Waals surface area (Å²) >= 11 is 0. The molecule has 1 heterocycles. The smallest absolute Gasteiger partial charge is 0.181 e. The van der Waals surface area contributed by atoms with Crippen LogP contribution in [0.15, 0.2) is 48.5 Å². The minimum atomic E-state index is 0.647. The zero-order valence-electron chi connectivity index (χ0n) is 11.0. The van der Waals surface area contributed by atoms with Crippen molar-refractivity contribution in [2.24, 2.45) is 0 Å². The molecule has 3 aromatic rings. The van der Waals surface area contributed by atoms with Crippen LogP contribution in [0, 0.1) is 0 Å². The van der Waals surface area contributed by atoms with E-state index in [0.717, 1.165) is 11.1 Å². The molecule has 0 fully saturated rings. The van der Waals surface area contributed by atoms with E-state index in [4.69, 9.17) is 10.5 Å².